The molecule has 0 aromatic heterocycles. The molecule has 0 N–H and O–H groups in total. The lowest BCUT2D eigenvalue weighted by Gasteiger charge is -2.16. The minimum absolute atomic E-state index is 0.531. The Hall–Kier alpha value is -21.2. The molecule has 0 aliphatic carbocycles. The van der Waals surface area contributed by atoms with Crippen molar-refractivity contribution >= 4 is 11.8 Å². The number of terminal acetylenes is 1. The van der Waals surface area contributed by atoms with Crippen LogP contribution in [-0.2, 0) is 0 Å². The van der Waals surface area contributed by atoms with Gasteiger partial charge in [0.15, 0.2) is 0 Å². The summed E-state index contributed by atoms with van der Waals surface area (Å²) >= 11 is 1.93. The molecule has 450 valence electrons. The number of thioether (sulfide) groups is 1. The molecular weight excluding hydrogens is 1310 g/mol. The van der Waals surface area contributed by atoms with E-state index in [1.165, 1.54) is 12.2 Å². The molecule has 0 aliphatic heterocycles. The van der Waals surface area contributed by atoms with Gasteiger partial charge in [-0.25, -0.2) is 0 Å². The SMILES string of the molecule is C#CC#CC#CC#CC#CC#CC#CC#CC#CC#CC#CC#CC#CC#CC#CC#CC#CC#CC#CC#CC#CC#CC#CC#CC#CC#CC#CC#CC#CC#CC#CC#CC#CC#CC#CC#CC#CC#CC#CC#CC#CC#CC#CC#CC#CC#CC#CC#CC#CC.CSCCC(C)(C)C. The van der Waals surface area contributed by atoms with Crippen molar-refractivity contribution in [1.82, 2.24) is 0 Å². The first kappa shape index (κ1) is 87.8. The Balaban J connectivity index is 0. The van der Waals surface area contributed by atoms with E-state index in [9.17, 15) is 0 Å². The van der Waals surface area contributed by atoms with E-state index in [2.05, 4.69) is 601 Å². The summed E-state index contributed by atoms with van der Waals surface area (Å²) in [5.74, 6) is 243. The van der Waals surface area contributed by atoms with E-state index in [1.807, 2.05) is 11.8 Å². The molecule has 0 atom stereocenters. The fraction of sp³-hybridized carbons (Fsp3) is 0.0755. The second-order valence-electron chi connectivity index (χ2n) is 15.6. The molecule has 0 rings (SSSR count). The van der Waals surface area contributed by atoms with Gasteiger partial charge in [0, 0.05) is 474 Å². The molecule has 1 heteroatoms. The predicted molar refractivity (Wildman–Crippen MR) is 430 cm³/mol. The minimum Gasteiger partial charge on any atom is -0.165 e. The molecule has 0 amide bonds. The van der Waals surface area contributed by atoms with Crippen LogP contribution in [0.4, 0.5) is 0 Å². The molecule has 0 heterocycles. The fourth-order valence-electron chi connectivity index (χ4n) is 3.41. The van der Waals surface area contributed by atoms with Crippen molar-refractivity contribution in [1.29, 1.82) is 0 Å². The molecule has 0 saturated carbocycles. The maximum absolute atomic E-state index is 4.95. The average Bonchev–Trinajstić information content (AvgIpc) is 1.25. The molecule has 0 saturated heterocycles. The van der Waals surface area contributed by atoms with Crippen LogP contribution in [0.2, 0.25) is 0 Å². The largest absolute Gasteiger partial charge is 0.165 e. The normalized spacial score (nSPS) is 4.56. The third-order valence-electron chi connectivity index (χ3n) is 7.13. The molecule has 0 aromatic rings. The van der Waals surface area contributed by atoms with E-state index in [0.29, 0.717) is 5.41 Å². The Morgan fingerprint density at radius 2 is 0.243 bits per heavy atom. The summed E-state index contributed by atoms with van der Waals surface area (Å²) in [4.78, 5) is 0. The van der Waals surface area contributed by atoms with E-state index >= 15 is 0 Å². The maximum atomic E-state index is 4.95. The summed E-state index contributed by atoms with van der Waals surface area (Å²) in [6.45, 7) is 8.53. The topological polar surface area (TPSA) is 0 Å². The van der Waals surface area contributed by atoms with E-state index in [4.69, 9.17) is 6.42 Å². The molecular formula is C106H20S. The van der Waals surface area contributed by atoms with Gasteiger partial charge in [-0.05, 0) is 125 Å². The van der Waals surface area contributed by atoms with E-state index in [0.717, 1.165) is 0 Å². The van der Waals surface area contributed by atoms with E-state index < -0.39 is 0 Å². The summed E-state index contributed by atoms with van der Waals surface area (Å²) in [5.41, 5.74) is 0.531. The highest BCUT2D eigenvalue weighted by Crippen LogP contribution is 2.20. The molecule has 0 aromatic carbocycles. The first-order valence-electron chi connectivity index (χ1n) is 27.8. The lowest BCUT2D eigenvalue weighted by atomic mass is 9.94. The molecule has 0 radical (unpaired) electrons. The minimum atomic E-state index is 0.531. The quantitative estimate of drug-likeness (QED) is 0.382. The molecule has 0 aliphatic rings. The summed E-state index contributed by atoms with van der Waals surface area (Å²) in [6.07, 6.45) is 8.44. The van der Waals surface area contributed by atoms with Crippen molar-refractivity contribution in [2.45, 2.75) is 34.1 Å². The fourth-order valence-corrected chi connectivity index (χ4v) is 4.23. The standard InChI is InChI=1S/C99H4.C7H16S/c1-3-5-7-9-11-13-15-17-19-21-23-25-27-29-31-33-35-37-39-41-43-45-47-49-51-53-55-57-59-61-63-65-67-69-71-73-75-77-79-81-83-85-87-89-91-93-95-97-99-98-96-94-92-90-88-86-84-82-80-78-76-74-72-70-68-66-64-62-60-58-56-54-52-50-48-46-44-42-40-38-36-34-32-30-28-26-24-22-20-18-16-14-12-10-8-6-4-2;1-7(2,3)5-6-8-4/h1H,2H3;5-6H2,1-4H3. The summed E-state index contributed by atoms with van der Waals surface area (Å²) in [6, 6.07) is 0. The first-order chi connectivity index (χ1) is 53.0. The van der Waals surface area contributed by atoms with Gasteiger partial charge in [-0.1, -0.05) is 26.7 Å². The van der Waals surface area contributed by atoms with Crippen molar-refractivity contribution in [2.75, 3.05) is 12.0 Å². The lowest BCUT2D eigenvalue weighted by molar-refractivity contribution is 0.401. The highest BCUT2D eigenvalue weighted by atomic mass is 32.2. The van der Waals surface area contributed by atoms with Crippen molar-refractivity contribution < 1.29 is 0 Å². The van der Waals surface area contributed by atoms with Crippen LogP contribution < -0.4 is 0 Å². The van der Waals surface area contributed by atoms with Gasteiger partial charge >= 0.3 is 0 Å². The van der Waals surface area contributed by atoms with Crippen molar-refractivity contribution in [3.8, 4) is 581 Å². The number of rotatable bonds is 2. The Bertz CT molecular complexity index is 7180. The molecule has 0 fully saturated rings. The Labute approximate surface area is 639 Å². The van der Waals surface area contributed by atoms with Crippen LogP contribution in [0.1, 0.15) is 34.1 Å². The molecule has 0 spiro atoms. The predicted octanol–water partition coefficient (Wildman–Crippen LogP) is 3.59. The van der Waals surface area contributed by atoms with Gasteiger partial charge in [-0.3, -0.25) is 0 Å². The van der Waals surface area contributed by atoms with Crippen LogP contribution in [0, 0.1) is 586 Å². The Morgan fingerprint density at radius 1 is 0.159 bits per heavy atom. The average molecular weight is 1330 g/mol. The molecule has 0 bridgehead atoms. The molecule has 0 unspecified atom stereocenters. The third kappa shape index (κ3) is 91.3. The van der Waals surface area contributed by atoms with Crippen molar-refractivity contribution in [3.63, 3.8) is 0 Å². The Morgan fingerprint density at radius 3 is 0.299 bits per heavy atom. The van der Waals surface area contributed by atoms with Gasteiger partial charge in [0.25, 0.3) is 0 Å². The monoisotopic (exact) mass is 1320 g/mol. The van der Waals surface area contributed by atoms with Gasteiger partial charge in [0.05, 0.1) is 0 Å². The zero-order valence-electron chi connectivity index (χ0n) is 56.4. The van der Waals surface area contributed by atoms with Gasteiger partial charge in [-0.2, -0.15) is 11.8 Å². The first-order valence-corrected chi connectivity index (χ1v) is 29.2. The highest BCUT2D eigenvalue weighted by Gasteiger charge is 2.07. The zero-order valence-corrected chi connectivity index (χ0v) is 57.2. The maximum Gasteiger partial charge on any atom is 0 e. The van der Waals surface area contributed by atoms with Crippen LogP contribution in [0.3, 0.4) is 0 Å². The second kappa shape index (κ2) is 82.8. The number of hydrogen-bond acceptors (Lipinski definition) is 1. The zero-order chi connectivity index (χ0) is 77.2. The van der Waals surface area contributed by atoms with Gasteiger partial charge in [-0.15, -0.1) is 6.42 Å². The Kier molecular flexibility index (Phi) is 68.0. The molecule has 107 heavy (non-hydrogen) atoms. The van der Waals surface area contributed by atoms with Crippen LogP contribution in [0.25, 0.3) is 0 Å². The van der Waals surface area contributed by atoms with Gasteiger partial charge in [0.2, 0.25) is 0 Å². The van der Waals surface area contributed by atoms with Crippen LogP contribution in [0.5, 0.6) is 0 Å². The second-order valence-corrected chi connectivity index (χ2v) is 16.6. The number of hydrogen-bond donors (Lipinski definition) is 0. The van der Waals surface area contributed by atoms with Gasteiger partial charge in [0.1, 0.15) is 0 Å². The van der Waals surface area contributed by atoms with Crippen molar-refractivity contribution in [2.24, 2.45) is 5.41 Å². The third-order valence-corrected chi connectivity index (χ3v) is 7.74. The summed E-state index contributed by atoms with van der Waals surface area (Å²) in [7, 11) is 0. The van der Waals surface area contributed by atoms with Crippen LogP contribution >= 0.6 is 11.8 Å². The lowest BCUT2D eigenvalue weighted by Crippen LogP contribution is -2.05. The van der Waals surface area contributed by atoms with Crippen LogP contribution in [0.15, 0.2) is 0 Å². The summed E-state index contributed by atoms with van der Waals surface area (Å²) in [5, 5.41) is 0. The van der Waals surface area contributed by atoms with Crippen LogP contribution in [-0.4, -0.2) is 12.0 Å². The summed E-state index contributed by atoms with van der Waals surface area (Å²) < 4.78 is 0. The molecule has 0 nitrogen and oxygen atoms in total. The van der Waals surface area contributed by atoms with E-state index in [-0.39, 0.29) is 0 Å². The van der Waals surface area contributed by atoms with Crippen molar-refractivity contribution in [3.05, 3.63) is 0 Å². The van der Waals surface area contributed by atoms with Gasteiger partial charge < -0.3 is 0 Å². The smallest absolute Gasteiger partial charge is 0 e. The van der Waals surface area contributed by atoms with E-state index in [1.54, 1.807) is 6.92 Å². The highest BCUT2D eigenvalue weighted by molar-refractivity contribution is 7.98.